The third kappa shape index (κ3) is 2.37. The third-order valence-corrected chi connectivity index (χ3v) is 1.93. The van der Waals surface area contributed by atoms with E-state index in [1.807, 2.05) is 0 Å². The van der Waals surface area contributed by atoms with Crippen molar-refractivity contribution in [3.05, 3.63) is 34.9 Å². The zero-order valence-electron chi connectivity index (χ0n) is 8.29. The Morgan fingerprint density at radius 1 is 1.20 bits per heavy atom. The van der Waals surface area contributed by atoms with Crippen molar-refractivity contribution in [1.82, 2.24) is 0 Å². The average molecular weight is 216 g/mol. The summed E-state index contributed by atoms with van der Waals surface area (Å²) >= 11 is 0. The van der Waals surface area contributed by atoms with E-state index in [4.69, 9.17) is 9.47 Å². The summed E-state index contributed by atoms with van der Waals surface area (Å²) in [4.78, 5) is 10.6. The summed E-state index contributed by atoms with van der Waals surface area (Å²) in [7, 11) is 2.67. The first-order chi connectivity index (χ1) is 7.13. The molecule has 0 saturated heterocycles. The zero-order valence-corrected chi connectivity index (χ0v) is 8.29. The van der Waals surface area contributed by atoms with E-state index >= 15 is 0 Å². The molecule has 0 amide bonds. The molecular formula is C10H10F2O3. The van der Waals surface area contributed by atoms with E-state index in [-0.39, 0.29) is 11.1 Å². The predicted octanol–water partition coefficient (Wildman–Crippen LogP) is 2.07. The van der Waals surface area contributed by atoms with Crippen molar-refractivity contribution in [2.75, 3.05) is 14.2 Å². The minimum Gasteiger partial charge on any atom is -0.352 e. The van der Waals surface area contributed by atoms with Crippen LogP contribution in [0.15, 0.2) is 12.1 Å². The van der Waals surface area contributed by atoms with Crippen LogP contribution in [0.25, 0.3) is 0 Å². The first kappa shape index (κ1) is 11.7. The molecule has 0 N–H and O–H groups in total. The summed E-state index contributed by atoms with van der Waals surface area (Å²) in [5.74, 6) is -2.12. The van der Waals surface area contributed by atoms with Gasteiger partial charge in [-0.25, -0.2) is 8.78 Å². The Balaban J connectivity index is 3.25. The van der Waals surface area contributed by atoms with Crippen LogP contribution in [0.5, 0.6) is 0 Å². The summed E-state index contributed by atoms with van der Waals surface area (Å²) in [6, 6.07) is 1.69. The van der Waals surface area contributed by atoms with E-state index < -0.39 is 17.9 Å². The quantitative estimate of drug-likeness (QED) is 0.571. The fourth-order valence-corrected chi connectivity index (χ4v) is 1.23. The van der Waals surface area contributed by atoms with Gasteiger partial charge in [0, 0.05) is 25.3 Å². The maximum atomic E-state index is 12.9. The topological polar surface area (TPSA) is 35.5 Å². The molecule has 5 heteroatoms. The molecule has 82 valence electrons. The largest absolute Gasteiger partial charge is 0.352 e. The number of halogens is 2. The molecule has 1 aromatic rings. The molecule has 0 aliphatic rings. The Hall–Kier alpha value is -1.33. The van der Waals surface area contributed by atoms with Crippen LogP contribution in [0.2, 0.25) is 0 Å². The number of aldehydes is 1. The summed E-state index contributed by atoms with van der Waals surface area (Å²) in [6.45, 7) is 0. The predicted molar refractivity (Wildman–Crippen MR) is 48.5 cm³/mol. The van der Waals surface area contributed by atoms with E-state index in [1.165, 1.54) is 14.2 Å². The first-order valence-electron chi connectivity index (χ1n) is 4.13. The van der Waals surface area contributed by atoms with Gasteiger partial charge in [-0.2, -0.15) is 0 Å². The average Bonchev–Trinajstić information content (AvgIpc) is 2.24. The second-order valence-corrected chi connectivity index (χ2v) is 2.82. The van der Waals surface area contributed by atoms with E-state index in [1.54, 1.807) is 0 Å². The molecule has 0 atom stereocenters. The Kier molecular flexibility index (Phi) is 3.88. The lowest BCUT2D eigenvalue weighted by molar-refractivity contribution is -0.106. The fourth-order valence-electron chi connectivity index (χ4n) is 1.23. The number of methoxy groups -OCH3 is 2. The van der Waals surface area contributed by atoms with E-state index in [2.05, 4.69) is 0 Å². The van der Waals surface area contributed by atoms with Gasteiger partial charge in [0.15, 0.2) is 24.2 Å². The first-order valence-corrected chi connectivity index (χ1v) is 4.13. The van der Waals surface area contributed by atoms with Crippen molar-refractivity contribution in [3.63, 3.8) is 0 Å². The van der Waals surface area contributed by atoms with Crippen LogP contribution >= 0.6 is 0 Å². The number of carbonyl (C=O) groups excluding carboxylic acids is 1. The molecule has 0 radical (unpaired) electrons. The highest BCUT2D eigenvalue weighted by atomic mass is 19.2. The molecule has 0 fully saturated rings. The van der Waals surface area contributed by atoms with Gasteiger partial charge in [0.25, 0.3) is 0 Å². The van der Waals surface area contributed by atoms with E-state index in [9.17, 15) is 13.6 Å². The molecule has 0 aliphatic heterocycles. The van der Waals surface area contributed by atoms with Gasteiger partial charge in [-0.1, -0.05) is 0 Å². The number of hydrogen-bond donors (Lipinski definition) is 0. The molecule has 15 heavy (non-hydrogen) atoms. The summed E-state index contributed by atoms with van der Waals surface area (Å²) in [5.41, 5.74) is 0.163. The molecule has 0 spiro atoms. The Bertz CT molecular complexity index is 362. The van der Waals surface area contributed by atoms with Crippen LogP contribution < -0.4 is 0 Å². The molecule has 0 aliphatic carbocycles. The lowest BCUT2D eigenvalue weighted by Gasteiger charge is -2.15. The Morgan fingerprint density at radius 3 is 2.20 bits per heavy atom. The van der Waals surface area contributed by atoms with Crippen LogP contribution in [0.4, 0.5) is 8.78 Å². The second kappa shape index (κ2) is 4.95. The Labute approximate surface area is 85.6 Å². The Morgan fingerprint density at radius 2 is 1.73 bits per heavy atom. The van der Waals surface area contributed by atoms with Crippen molar-refractivity contribution in [2.24, 2.45) is 0 Å². The lowest BCUT2D eigenvalue weighted by Crippen LogP contribution is -2.08. The molecule has 0 saturated carbocycles. The lowest BCUT2D eigenvalue weighted by atomic mass is 10.1. The van der Waals surface area contributed by atoms with Crippen LogP contribution in [0.3, 0.4) is 0 Å². The summed E-state index contributed by atoms with van der Waals surface area (Å²) in [5, 5.41) is 0. The van der Waals surface area contributed by atoms with Gasteiger partial charge in [0.1, 0.15) is 0 Å². The van der Waals surface area contributed by atoms with Crippen molar-refractivity contribution < 1.29 is 23.0 Å². The zero-order chi connectivity index (χ0) is 11.4. The summed E-state index contributed by atoms with van der Waals surface area (Å²) in [6.07, 6.45) is -0.469. The fraction of sp³-hybridized carbons (Fsp3) is 0.300. The number of carbonyl (C=O) groups is 1. The van der Waals surface area contributed by atoms with Crippen molar-refractivity contribution >= 4 is 6.29 Å². The molecule has 3 nitrogen and oxygen atoms in total. The second-order valence-electron chi connectivity index (χ2n) is 2.82. The number of rotatable bonds is 4. The van der Waals surface area contributed by atoms with Crippen molar-refractivity contribution in [1.29, 1.82) is 0 Å². The minimum atomic E-state index is -1.08. The van der Waals surface area contributed by atoms with Crippen LogP contribution in [0, 0.1) is 11.6 Å². The number of hydrogen-bond acceptors (Lipinski definition) is 3. The molecule has 1 rings (SSSR count). The maximum Gasteiger partial charge on any atom is 0.183 e. The monoisotopic (exact) mass is 216 g/mol. The van der Waals surface area contributed by atoms with Gasteiger partial charge in [-0.3, -0.25) is 4.79 Å². The van der Waals surface area contributed by atoms with E-state index in [0.717, 1.165) is 12.1 Å². The number of ether oxygens (including phenoxy) is 2. The molecule has 0 unspecified atom stereocenters. The normalized spacial score (nSPS) is 10.7. The van der Waals surface area contributed by atoms with Crippen molar-refractivity contribution in [2.45, 2.75) is 6.29 Å². The van der Waals surface area contributed by atoms with Gasteiger partial charge >= 0.3 is 0 Å². The van der Waals surface area contributed by atoms with Crippen molar-refractivity contribution in [3.8, 4) is 0 Å². The van der Waals surface area contributed by atoms with Crippen LogP contribution in [-0.2, 0) is 9.47 Å². The maximum absolute atomic E-state index is 12.9. The van der Waals surface area contributed by atoms with Gasteiger partial charge < -0.3 is 9.47 Å². The standard InChI is InChI=1S/C10H10F2O3/c1-14-10(15-2)7-4-9(12)8(11)3-6(7)5-13/h3-5,10H,1-2H3. The number of benzene rings is 1. The molecule has 0 aromatic heterocycles. The van der Waals surface area contributed by atoms with Crippen LogP contribution in [-0.4, -0.2) is 20.5 Å². The van der Waals surface area contributed by atoms with Crippen LogP contribution in [0.1, 0.15) is 22.2 Å². The van der Waals surface area contributed by atoms with Gasteiger partial charge in [-0.15, -0.1) is 0 Å². The highest BCUT2D eigenvalue weighted by Gasteiger charge is 2.17. The van der Waals surface area contributed by atoms with E-state index in [0.29, 0.717) is 6.29 Å². The molecule has 0 bridgehead atoms. The van der Waals surface area contributed by atoms with Gasteiger partial charge in [0.2, 0.25) is 0 Å². The minimum absolute atomic E-state index is 0.00241. The van der Waals surface area contributed by atoms with Gasteiger partial charge in [0.05, 0.1) is 0 Å². The van der Waals surface area contributed by atoms with Gasteiger partial charge in [-0.05, 0) is 12.1 Å². The SMILES string of the molecule is COC(OC)c1cc(F)c(F)cc1C=O. The molecular weight excluding hydrogens is 206 g/mol. The molecule has 0 heterocycles. The highest BCUT2D eigenvalue weighted by Crippen LogP contribution is 2.23. The summed E-state index contributed by atoms with van der Waals surface area (Å²) < 4.78 is 35.4. The third-order valence-electron chi connectivity index (χ3n) is 1.93. The smallest absolute Gasteiger partial charge is 0.183 e. The molecule has 1 aromatic carbocycles. The highest BCUT2D eigenvalue weighted by molar-refractivity contribution is 5.77.